The van der Waals surface area contributed by atoms with Gasteiger partial charge in [0.1, 0.15) is 0 Å². The van der Waals surface area contributed by atoms with Crippen molar-refractivity contribution >= 4 is 33.2 Å². The molecule has 7 nitrogen and oxygen atoms in total. The second-order valence-corrected chi connectivity index (χ2v) is 9.21. The zero-order valence-electron chi connectivity index (χ0n) is 16.6. The summed E-state index contributed by atoms with van der Waals surface area (Å²) in [5.74, 6) is -0.623. The number of hydrogen-bond acceptors (Lipinski definition) is 4. The van der Waals surface area contributed by atoms with Gasteiger partial charge in [-0.25, -0.2) is 8.42 Å². The summed E-state index contributed by atoms with van der Waals surface area (Å²) in [4.78, 5) is 23.6. The molecule has 154 valence electrons. The Kier molecular flexibility index (Phi) is 6.34. The molecule has 0 spiro atoms. The second kappa shape index (κ2) is 8.75. The summed E-state index contributed by atoms with van der Waals surface area (Å²) in [6, 6.07) is 11.7. The van der Waals surface area contributed by atoms with Crippen LogP contribution >= 0.6 is 0 Å². The van der Waals surface area contributed by atoms with Crippen LogP contribution in [0.3, 0.4) is 0 Å². The summed E-state index contributed by atoms with van der Waals surface area (Å²) < 4.78 is 26.5. The molecule has 2 aromatic rings. The molecule has 2 N–H and O–H groups in total. The summed E-state index contributed by atoms with van der Waals surface area (Å²) in [7, 11) is -2.46. The van der Waals surface area contributed by atoms with Crippen LogP contribution < -0.4 is 10.6 Å². The minimum atomic E-state index is -3.83. The predicted molar refractivity (Wildman–Crippen MR) is 112 cm³/mol. The number of sulfonamides is 1. The summed E-state index contributed by atoms with van der Waals surface area (Å²) in [5, 5.41) is 5.45. The molecule has 0 aliphatic heterocycles. The number of nitrogens with zero attached hydrogens (tertiary/aromatic N) is 1. The van der Waals surface area contributed by atoms with Crippen molar-refractivity contribution < 1.29 is 18.0 Å². The highest BCUT2D eigenvalue weighted by Crippen LogP contribution is 2.28. The van der Waals surface area contributed by atoms with E-state index in [1.807, 2.05) is 12.1 Å². The van der Waals surface area contributed by atoms with E-state index >= 15 is 0 Å². The molecule has 0 heterocycles. The van der Waals surface area contributed by atoms with Crippen LogP contribution in [0.4, 0.5) is 11.4 Å². The number of likely N-dealkylation sites (N-methyl/N-ethyl adjacent to an activating group) is 1. The Morgan fingerprint density at radius 3 is 2.38 bits per heavy atom. The average molecular weight is 416 g/mol. The smallest absolute Gasteiger partial charge is 0.243 e. The molecule has 0 bridgehead atoms. The third kappa shape index (κ3) is 5.02. The fraction of sp³-hybridized carbons (Fsp3) is 0.333. The lowest BCUT2D eigenvalue weighted by Crippen LogP contribution is -2.35. The minimum absolute atomic E-state index is 0.0546. The van der Waals surface area contributed by atoms with Gasteiger partial charge in [0.2, 0.25) is 21.8 Å². The quantitative estimate of drug-likeness (QED) is 0.758. The van der Waals surface area contributed by atoms with Gasteiger partial charge < -0.3 is 10.6 Å². The molecule has 2 aromatic carbocycles. The molecule has 0 radical (unpaired) electrons. The number of benzene rings is 2. The van der Waals surface area contributed by atoms with Crippen LogP contribution in [0.1, 0.15) is 30.9 Å². The molecule has 0 atom stereocenters. The van der Waals surface area contributed by atoms with E-state index in [9.17, 15) is 18.0 Å². The van der Waals surface area contributed by atoms with E-state index in [-0.39, 0.29) is 23.3 Å². The van der Waals surface area contributed by atoms with E-state index in [1.54, 1.807) is 0 Å². The number of carbonyl (C=O) groups excluding carboxylic acids is 2. The Balaban J connectivity index is 1.68. The van der Waals surface area contributed by atoms with Gasteiger partial charge in [-0.05, 0) is 67.1 Å². The van der Waals surface area contributed by atoms with Crippen molar-refractivity contribution in [2.45, 2.75) is 37.5 Å². The first-order valence-electron chi connectivity index (χ1n) is 9.52. The third-order valence-corrected chi connectivity index (χ3v) is 6.74. The Labute approximate surface area is 171 Å². The van der Waals surface area contributed by atoms with Gasteiger partial charge >= 0.3 is 0 Å². The summed E-state index contributed by atoms with van der Waals surface area (Å²) in [6.07, 6.45) is 4.15. The van der Waals surface area contributed by atoms with E-state index in [0.29, 0.717) is 5.69 Å². The van der Waals surface area contributed by atoms with Crippen LogP contribution in [0.2, 0.25) is 0 Å². The van der Waals surface area contributed by atoms with Gasteiger partial charge in [-0.15, -0.1) is 0 Å². The maximum Gasteiger partial charge on any atom is 0.243 e. The Morgan fingerprint density at radius 2 is 1.69 bits per heavy atom. The second-order valence-electron chi connectivity index (χ2n) is 7.17. The monoisotopic (exact) mass is 415 g/mol. The van der Waals surface area contributed by atoms with Gasteiger partial charge in [0.25, 0.3) is 0 Å². The molecule has 1 aliphatic rings. The maximum atomic E-state index is 12.7. The van der Waals surface area contributed by atoms with Crippen molar-refractivity contribution in [2.24, 2.45) is 0 Å². The summed E-state index contributed by atoms with van der Waals surface area (Å²) in [5.41, 5.74) is 3.66. The molecule has 29 heavy (non-hydrogen) atoms. The number of nitrogens with one attached hydrogen (secondary N) is 2. The van der Waals surface area contributed by atoms with Crippen molar-refractivity contribution in [1.29, 1.82) is 0 Å². The molecule has 0 saturated heterocycles. The Bertz CT molecular complexity index is 1020. The fourth-order valence-electron chi connectivity index (χ4n) is 3.47. The normalized spacial score (nSPS) is 13.6. The van der Waals surface area contributed by atoms with Gasteiger partial charge in [-0.2, -0.15) is 4.31 Å². The molecule has 0 fully saturated rings. The van der Waals surface area contributed by atoms with Crippen LogP contribution in [0.25, 0.3) is 0 Å². The Hall–Kier alpha value is -2.71. The van der Waals surface area contributed by atoms with E-state index in [2.05, 4.69) is 16.7 Å². The van der Waals surface area contributed by atoms with Crippen molar-refractivity contribution in [3.63, 3.8) is 0 Å². The van der Waals surface area contributed by atoms with Crippen LogP contribution in [-0.4, -0.2) is 38.1 Å². The molecule has 0 aromatic heterocycles. The number of carbonyl (C=O) groups is 2. The highest BCUT2D eigenvalue weighted by molar-refractivity contribution is 7.89. The van der Waals surface area contributed by atoms with Gasteiger partial charge in [0, 0.05) is 25.3 Å². The number of amides is 2. The predicted octanol–water partition coefficient (Wildman–Crippen LogP) is 2.78. The lowest BCUT2D eigenvalue weighted by Gasteiger charge is -2.21. The van der Waals surface area contributed by atoms with Crippen molar-refractivity contribution in [3.8, 4) is 0 Å². The standard InChI is InChI=1S/C21H25N3O4S/c1-15(25)22-17-10-12-18(13-11-17)29(27,28)24(2)14-21(26)23-20-9-5-7-16-6-3-4-8-19(16)20/h5,7,9-13H,3-4,6,8,14H2,1-2H3,(H,22,25)(H,23,26). The number of aryl methyl sites for hydroxylation is 1. The lowest BCUT2D eigenvalue weighted by atomic mass is 9.90. The average Bonchev–Trinajstić information content (AvgIpc) is 2.68. The highest BCUT2D eigenvalue weighted by atomic mass is 32.2. The van der Waals surface area contributed by atoms with E-state index in [0.717, 1.165) is 41.2 Å². The SMILES string of the molecule is CC(=O)Nc1ccc(S(=O)(=O)N(C)CC(=O)Nc2cccc3c2CCCC3)cc1. The van der Waals surface area contributed by atoms with Crippen molar-refractivity contribution in [2.75, 3.05) is 24.2 Å². The lowest BCUT2D eigenvalue weighted by molar-refractivity contribution is -0.116. The third-order valence-electron chi connectivity index (χ3n) is 4.92. The van der Waals surface area contributed by atoms with Gasteiger partial charge in [0.05, 0.1) is 11.4 Å². The largest absolute Gasteiger partial charge is 0.326 e. The molecule has 8 heteroatoms. The molecule has 2 amide bonds. The first-order valence-corrected chi connectivity index (χ1v) is 11.0. The van der Waals surface area contributed by atoms with Gasteiger partial charge in [-0.3, -0.25) is 9.59 Å². The summed E-state index contributed by atoms with van der Waals surface area (Å²) >= 11 is 0. The highest BCUT2D eigenvalue weighted by Gasteiger charge is 2.23. The zero-order chi connectivity index (χ0) is 21.0. The van der Waals surface area contributed by atoms with Crippen molar-refractivity contribution in [1.82, 2.24) is 4.31 Å². The summed E-state index contributed by atoms with van der Waals surface area (Å²) in [6.45, 7) is 1.08. The van der Waals surface area contributed by atoms with Crippen LogP contribution in [0.15, 0.2) is 47.4 Å². The molecule has 1 aliphatic carbocycles. The number of rotatable bonds is 6. The zero-order valence-corrected chi connectivity index (χ0v) is 17.4. The molecular formula is C21H25N3O4S. The van der Waals surface area contributed by atoms with Crippen LogP contribution in [-0.2, 0) is 32.5 Å². The number of fused-ring (bicyclic) bond motifs is 1. The van der Waals surface area contributed by atoms with E-state index in [1.165, 1.54) is 43.8 Å². The topological polar surface area (TPSA) is 95.6 Å². The first-order chi connectivity index (χ1) is 13.8. The molecule has 3 rings (SSSR count). The fourth-order valence-corrected chi connectivity index (χ4v) is 4.60. The number of anilines is 2. The molecule has 0 saturated carbocycles. The van der Waals surface area contributed by atoms with E-state index < -0.39 is 10.0 Å². The van der Waals surface area contributed by atoms with Gasteiger partial charge in [0.15, 0.2) is 0 Å². The maximum absolute atomic E-state index is 12.7. The first kappa shape index (κ1) is 21.0. The molecule has 0 unspecified atom stereocenters. The van der Waals surface area contributed by atoms with Crippen LogP contribution in [0, 0.1) is 0 Å². The van der Waals surface area contributed by atoms with Crippen molar-refractivity contribution in [3.05, 3.63) is 53.6 Å². The molecular weight excluding hydrogens is 390 g/mol. The Morgan fingerprint density at radius 1 is 1.00 bits per heavy atom. The van der Waals surface area contributed by atoms with E-state index in [4.69, 9.17) is 0 Å². The van der Waals surface area contributed by atoms with Gasteiger partial charge in [-0.1, -0.05) is 12.1 Å². The minimum Gasteiger partial charge on any atom is -0.326 e. The van der Waals surface area contributed by atoms with Crippen LogP contribution in [0.5, 0.6) is 0 Å². The number of hydrogen-bond donors (Lipinski definition) is 2.